The van der Waals surface area contributed by atoms with Crippen molar-refractivity contribution < 1.29 is 19.1 Å². The van der Waals surface area contributed by atoms with Gasteiger partial charge in [-0.15, -0.1) is 0 Å². The number of carbonyl (C=O) groups is 2. The maximum Gasteiger partial charge on any atom is 0.228 e. The summed E-state index contributed by atoms with van der Waals surface area (Å²) in [6, 6.07) is 4.04. The van der Waals surface area contributed by atoms with Gasteiger partial charge in [0, 0.05) is 33.1 Å². The van der Waals surface area contributed by atoms with Crippen LogP contribution in [0.2, 0.25) is 0 Å². The topological polar surface area (TPSA) is 59.1 Å². The van der Waals surface area contributed by atoms with Crippen LogP contribution < -0.4 is 9.47 Å². The molecule has 0 unspecified atom stereocenters. The van der Waals surface area contributed by atoms with Crippen LogP contribution in [-0.2, 0) is 22.6 Å². The first-order valence-corrected chi connectivity index (χ1v) is 8.97. The molecule has 2 aliphatic rings. The van der Waals surface area contributed by atoms with Crippen molar-refractivity contribution in [2.45, 2.75) is 33.2 Å². The maximum absolute atomic E-state index is 12.8. The number of hydrogen-bond acceptors (Lipinski definition) is 4. The lowest BCUT2D eigenvalue weighted by Gasteiger charge is -2.31. The summed E-state index contributed by atoms with van der Waals surface area (Å²) in [5.74, 6) is 1.41. The summed E-state index contributed by atoms with van der Waals surface area (Å²) in [5, 5.41) is 0. The first kappa shape index (κ1) is 17.6. The Morgan fingerprint density at radius 3 is 2.36 bits per heavy atom. The predicted molar refractivity (Wildman–Crippen MR) is 93.6 cm³/mol. The summed E-state index contributed by atoms with van der Waals surface area (Å²) in [7, 11) is 1.75. The lowest BCUT2D eigenvalue weighted by molar-refractivity contribution is -0.136. The van der Waals surface area contributed by atoms with Crippen LogP contribution in [0.3, 0.4) is 0 Å². The molecule has 1 atom stereocenters. The molecule has 25 heavy (non-hydrogen) atoms. The zero-order valence-corrected chi connectivity index (χ0v) is 15.2. The molecule has 2 amide bonds. The molecule has 0 aromatic heterocycles. The van der Waals surface area contributed by atoms with E-state index < -0.39 is 0 Å². The molecule has 3 rings (SSSR count). The molecule has 0 radical (unpaired) electrons. The van der Waals surface area contributed by atoms with E-state index >= 15 is 0 Å². The van der Waals surface area contributed by atoms with Crippen LogP contribution in [-0.4, -0.2) is 55.0 Å². The van der Waals surface area contributed by atoms with Crippen LogP contribution in [0.1, 0.15) is 31.4 Å². The largest absolute Gasteiger partial charge is 0.490 e. The highest BCUT2D eigenvalue weighted by atomic mass is 16.5. The normalized spacial score (nSPS) is 19.8. The van der Waals surface area contributed by atoms with Gasteiger partial charge in [-0.1, -0.05) is 0 Å². The van der Waals surface area contributed by atoms with Crippen LogP contribution in [0.15, 0.2) is 12.1 Å². The predicted octanol–water partition coefficient (Wildman–Crippen LogP) is 1.85. The second kappa shape index (κ2) is 7.33. The van der Waals surface area contributed by atoms with Gasteiger partial charge in [-0.3, -0.25) is 9.59 Å². The van der Waals surface area contributed by atoms with E-state index in [0.29, 0.717) is 39.3 Å². The van der Waals surface area contributed by atoms with Crippen molar-refractivity contribution >= 4 is 11.8 Å². The molecule has 0 bridgehead atoms. The maximum atomic E-state index is 12.8. The third-order valence-corrected chi connectivity index (χ3v) is 4.88. The molecule has 1 saturated heterocycles. The minimum absolute atomic E-state index is 0.0516. The zero-order valence-electron chi connectivity index (χ0n) is 15.2. The van der Waals surface area contributed by atoms with Crippen molar-refractivity contribution in [3.63, 3.8) is 0 Å². The van der Waals surface area contributed by atoms with Crippen molar-refractivity contribution in [1.82, 2.24) is 9.80 Å². The van der Waals surface area contributed by atoms with Crippen molar-refractivity contribution in [3.8, 4) is 11.5 Å². The van der Waals surface area contributed by atoms with E-state index in [-0.39, 0.29) is 17.7 Å². The van der Waals surface area contributed by atoms with E-state index in [1.165, 1.54) is 5.56 Å². The van der Waals surface area contributed by atoms with Gasteiger partial charge in [0.25, 0.3) is 0 Å². The standard InChI is InChI=1S/C19H26N2O4/c1-4-24-16-8-13-6-7-21(12-14(13)9-17(16)25-5-2)19(23)15-10-18(22)20(3)11-15/h8-9,15H,4-7,10-12H2,1-3H3/t15-/m1/s1. The van der Waals surface area contributed by atoms with Crippen LogP contribution >= 0.6 is 0 Å². The Balaban J connectivity index is 1.77. The number of rotatable bonds is 5. The van der Waals surface area contributed by atoms with E-state index in [9.17, 15) is 9.59 Å². The van der Waals surface area contributed by atoms with Gasteiger partial charge < -0.3 is 19.3 Å². The van der Waals surface area contributed by atoms with Gasteiger partial charge in [0.05, 0.1) is 19.1 Å². The molecule has 6 heteroatoms. The molecule has 1 aromatic carbocycles. The minimum atomic E-state index is -0.215. The molecular formula is C19H26N2O4. The van der Waals surface area contributed by atoms with E-state index in [1.807, 2.05) is 30.9 Å². The fourth-order valence-corrected chi connectivity index (χ4v) is 3.58. The Labute approximate surface area is 148 Å². The second-order valence-corrected chi connectivity index (χ2v) is 6.62. The van der Waals surface area contributed by atoms with Gasteiger partial charge >= 0.3 is 0 Å². The smallest absolute Gasteiger partial charge is 0.228 e. The SMILES string of the molecule is CCOc1cc2c(cc1OCC)CN(C(=O)[C@@H]1CC(=O)N(C)C1)CC2. The Morgan fingerprint density at radius 1 is 1.16 bits per heavy atom. The molecule has 0 N–H and O–H groups in total. The molecule has 136 valence electrons. The minimum Gasteiger partial charge on any atom is -0.490 e. The van der Waals surface area contributed by atoms with E-state index in [4.69, 9.17) is 9.47 Å². The van der Waals surface area contributed by atoms with Crippen molar-refractivity contribution in [3.05, 3.63) is 23.3 Å². The monoisotopic (exact) mass is 346 g/mol. The number of amides is 2. The molecule has 0 spiro atoms. The molecule has 6 nitrogen and oxygen atoms in total. The number of carbonyl (C=O) groups excluding carboxylic acids is 2. The van der Waals surface area contributed by atoms with Crippen molar-refractivity contribution in [1.29, 1.82) is 0 Å². The number of benzene rings is 1. The number of ether oxygens (including phenoxy) is 2. The van der Waals surface area contributed by atoms with Crippen LogP contribution in [0.5, 0.6) is 11.5 Å². The number of fused-ring (bicyclic) bond motifs is 1. The quantitative estimate of drug-likeness (QED) is 0.816. The molecule has 0 saturated carbocycles. The van der Waals surface area contributed by atoms with E-state index in [1.54, 1.807) is 11.9 Å². The van der Waals surface area contributed by atoms with E-state index in [2.05, 4.69) is 0 Å². The lowest BCUT2D eigenvalue weighted by Crippen LogP contribution is -2.40. The van der Waals surface area contributed by atoms with Crippen molar-refractivity contribution in [2.24, 2.45) is 5.92 Å². The fraction of sp³-hybridized carbons (Fsp3) is 0.579. The summed E-state index contributed by atoms with van der Waals surface area (Å²) in [5.41, 5.74) is 2.31. The number of nitrogens with zero attached hydrogens (tertiary/aromatic N) is 2. The molecule has 2 aliphatic heterocycles. The Kier molecular flexibility index (Phi) is 5.16. The number of hydrogen-bond donors (Lipinski definition) is 0. The average Bonchev–Trinajstić information content (AvgIpc) is 2.94. The van der Waals surface area contributed by atoms with Gasteiger partial charge in [-0.05, 0) is 43.5 Å². The van der Waals surface area contributed by atoms with Gasteiger partial charge in [0.2, 0.25) is 11.8 Å². The Bertz CT molecular complexity index is 674. The van der Waals surface area contributed by atoms with Gasteiger partial charge in [0.15, 0.2) is 11.5 Å². The Hall–Kier alpha value is -2.24. The van der Waals surface area contributed by atoms with E-state index in [0.717, 1.165) is 23.5 Å². The van der Waals surface area contributed by atoms with Gasteiger partial charge in [0.1, 0.15) is 0 Å². The summed E-state index contributed by atoms with van der Waals surface area (Å²) in [6.07, 6.45) is 1.12. The first-order valence-electron chi connectivity index (χ1n) is 8.97. The summed E-state index contributed by atoms with van der Waals surface area (Å²) >= 11 is 0. The number of likely N-dealkylation sites (tertiary alicyclic amines) is 1. The third kappa shape index (κ3) is 3.57. The van der Waals surface area contributed by atoms with Crippen LogP contribution in [0.4, 0.5) is 0 Å². The highest BCUT2D eigenvalue weighted by molar-refractivity contribution is 5.89. The molecular weight excluding hydrogens is 320 g/mol. The second-order valence-electron chi connectivity index (χ2n) is 6.62. The molecule has 1 aromatic rings. The summed E-state index contributed by atoms with van der Waals surface area (Å²) in [6.45, 7) is 6.82. The first-order chi connectivity index (χ1) is 12.0. The highest BCUT2D eigenvalue weighted by Crippen LogP contribution is 2.34. The lowest BCUT2D eigenvalue weighted by atomic mass is 9.97. The third-order valence-electron chi connectivity index (χ3n) is 4.88. The molecule has 0 aliphatic carbocycles. The zero-order chi connectivity index (χ0) is 18.0. The van der Waals surface area contributed by atoms with Gasteiger partial charge in [-0.2, -0.15) is 0 Å². The molecule has 2 heterocycles. The summed E-state index contributed by atoms with van der Waals surface area (Å²) < 4.78 is 11.4. The van der Waals surface area contributed by atoms with Gasteiger partial charge in [-0.25, -0.2) is 0 Å². The van der Waals surface area contributed by atoms with Crippen LogP contribution in [0, 0.1) is 5.92 Å². The Morgan fingerprint density at radius 2 is 1.80 bits per heavy atom. The van der Waals surface area contributed by atoms with Crippen molar-refractivity contribution in [2.75, 3.05) is 33.4 Å². The molecule has 1 fully saturated rings. The average molecular weight is 346 g/mol. The summed E-state index contributed by atoms with van der Waals surface area (Å²) in [4.78, 5) is 28.0. The fourth-order valence-electron chi connectivity index (χ4n) is 3.58. The van der Waals surface area contributed by atoms with Crippen LogP contribution in [0.25, 0.3) is 0 Å². The highest BCUT2D eigenvalue weighted by Gasteiger charge is 2.35.